The number of nitrogens with zero attached hydrogens (tertiary/aromatic N) is 2. The zero-order valence-electron chi connectivity index (χ0n) is 10.4. The molecular weight excluding hydrogens is 295 g/mol. The number of aryl methyl sites for hydroxylation is 2. The van der Waals surface area contributed by atoms with Crippen LogP contribution >= 0.6 is 15.9 Å². The van der Waals surface area contributed by atoms with Crippen LogP contribution in [0.1, 0.15) is 23.7 Å². The first-order valence-electron chi connectivity index (χ1n) is 5.83. The molecule has 0 aliphatic heterocycles. The zero-order valence-corrected chi connectivity index (χ0v) is 12.0. The van der Waals surface area contributed by atoms with Gasteiger partial charge in [0.15, 0.2) is 5.82 Å². The van der Waals surface area contributed by atoms with Gasteiger partial charge in [0, 0.05) is 28.3 Å². The van der Waals surface area contributed by atoms with E-state index in [0.717, 1.165) is 23.0 Å². The molecule has 2 nitrogen and oxygen atoms in total. The third kappa shape index (κ3) is 2.58. The van der Waals surface area contributed by atoms with Crippen LogP contribution in [0.2, 0.25) is 0 Å². The van der Waals surface area contributed by atoms with Gasteiger partial charge in [-0.15, -0.1) is 0 Å². The lowest BCUT2D eigenvalue weighted by Crippen LogP contribution is -1.99. The predicted molar refractivity (Wildman–Crippen MR) is 74.2 cm³/mol. The first-order valence-corrected chi connectivity index (χ1v) is 6.95. The summed E-state index contributed by atoms with van der Waals surface area (Å²) < 4.78 is 13.5. The lowest BCUT2D eigenvalue weighted by molar-refractivity contribution is 0.619. The van der Waals surface area contributed by atoms with Crippen LogP contribution in [0.4, 0.5) is 4.39 Å². The topological polar surface area (TPSA) is 25.8 Å². The van der Waals surface area contributed by atoms with E-state index >= 15 is 0 Å². The summed E-state index contributed by atoms with van der Waals surface area (Å²) in [7, 11) is 0. The van der Waals surface area contributed by atoms with Crippen molar-refractivity contribution in [1.29, 1.82) is 0 Å². The molecule has 1 aromatic carbocycles. The van der Waals surface area contributed by atoms with Gasteiger partial charge < -0.3 is 0 Å². The van der Waals surface area contributed by atoms with E-state index in [2.05, 4.69) is 25.9 Å². The van der Waals surface area contributed by atoms with E-state index in [-0.39, 0.29) is 5.82 Å². The molecule has 0 saturated carbocycles. The largest absolute Gasteiger partial charge is 0.236 e. The standard InChI is InChI=1S/C14H14BrFN2/c1-3-13-11(7-15)8-17-14(18-13)10-5-4-9(2)12(16)6-10/h4-6,8H,3,7H2,1-2H3. The molecule has 0 radical (unpaired) electrons. The fourth-order valence-electron chi connectivity index (χ4n) is 1.73. The van der Waals surface area contributed by atoms with Gasteiger partial charge in [-0.05, 0) is 25.0 Å². The molecule has 0 N–H and O–H groups in total. The van der Waals surface area contributed by atoms with Crippen molar-refractivity contribution < 1.29 is 4.39 Å². The van der Waals surface area contributed by atoms with Crippen molar-refractivity contribution in [1.82, 2.24) is 9.97 Å². The second kappa shape index (κ2) is 5.57. The Labute approximate surface area is 114 Å². The third-order valence-corrected chi connectivity index (χ3v) is 3.47. The maximum Gasteiger partial charge on any atom is 0.159 e. The molecule has 0 spiro atoms. The van der Waals surface area contributed by atoms with E-state index < -0.39 is 0 Å². The minimum Gasteiger partial charge on any atom is -0.236 e. The van der Waals surface area contributed by atoms with Gasteiger partial charge in [-0.1, -0.05) is 35.0 Å². The average Bonchev–Trinajstić information content (AvgIpc) is 2.41. The number of rotatable bonds is 3. The van der Waals surface area contributed by atoms with E-state index in [1.807, 2.05) is 13.0 Å². The van der Waals surface area contributed by atoms with E-state index in [9.17, 15) is 4.39 Å². The highest BCUT2D eigenvalue weighted by Gasteiger charge is 2.08. The summed E-state index contributed by atoms with van der Waals surface area (Å²) in [6.07, 6.45) is 2.64. The van der Waals surface area contributed by atoms with Gasteiger partial charge in [0.25, 0.3) is 0 Å². The Morgan fingerprint density at radius 3 is 2.72 bits per heavy atom. The highest BCUT2D eigenvalue weighted by molar-refractivity contribution is 9.08. The lowest BCUT2D eigenvalue weighted by Gasteiger charge is -2.07. The summed E-state index contributed by atoms with van der Waals surface area (Å²) in [5.74, 6) is 0.356. The Morgan fingerprint density at radius 2 is 2.11 bits per heavy atom. The molecule has 94 valence electrons. The van der Waals surface area contributed by atoms with Crippen LogP contribution in [0.25, 0.3) is 11.4 Å². The van der Waals surface area contributed by atoms with Gasteiger partial charge in [-0.25, -0.2) is 14.4 Å². The minimum atomic E-state index is -0.223. The molecule has 4 heteroatoms. The molecule has 18 heavy (non-hydrogen) atoms. The lowest BCUT2D eigenvalue weighted by atomic mass is 10.1. The molecule has 2 aromatic rings. The Morgan fingerprint density at radius 1 is 1.33 bits per heavy atom. The number of aromatic nitrogens is 2. The Bertz CT molecular complexity index is 570. The minimum absolute atomic E-state index is 0.223. The Kier molecular flexibility index (Phi) is 4.07. The van der Waals surface area contributed by atoms with Crippen LogP contribution < -0.4 is 0 Å². The number of hydrogen-bond donors (Lipinski definition) is 0. The Balaban J connectivity index is 2.47. The van der Waals surface area contributed by atoms with Gasteiger partial charge >= 0.3 is 0 Å². The summed E-state index contributed by atoms with van der Waals surface area (Å²) in [6, 6.07) is 5.08. The van der Waals surface area contributed by atoms with Crippen LogP contribution in [0, 0.1) is 12.7 Å². The van der Waals surface area contributed by atoms with Crippen molar-refractivity contribution in [2.75, 3.05) is 0 Å². The van der Waals surface area contributed by atoms with Crippen molar-refractivity contribution in [3.8, 4) is 11.4 Å². The second-order valence-electron chi connectivity index (χ2n) is 4.12. The molecule has 0 fully saturated rings. The van der Waals surface area contributed by atoms with Gasteiger partial charge in [0.1, 0.15) is 5.82 Å². The van der Waals surface area contributed by atoms with Gasteiger partial charge in [-0.2, -0.15) is 0 Å². The van der Waals surface area contributed by atoms with Crippen molar-refractivity contribution in [2.45, 2.75) is 25.6 Å². The maximum absolute atomic E-state index is 13.5. The smallest absolute Gasteiger partial charge is 0.159 e. The fourth-order valence-corrected chi connectivity index (χ4v) is 2.20. The van der Waals surface area contributed by atoms with E-state index in [1.54, 1.807) is 19.2 Å². The Hall–Kier alpha value is -1.29. The molecule has 0 aliphatic carbocycles. The van der Waals surface area contributed by atoms with Crippen molar-refractivity contribution in [3.05, 3.63) is 47.0 Å². The molecule has 1 heterocycles. The summed E-state index contributed by atoms with van der Waals surface area (Å²) in [5, 5.41) is 0.735. The van der Waals surface area contributed by atoms with Gasteiger partial charge in [-0.3, -0.25) is 0 Å². The first kappa shape index (κ1) is 13.1. The molecule has 0 unspecified atom stereocenters. The highest BCUT2D eigenvalue weighted by Crippen LogP contribution is 2.20. The second-order valence-corrected chi connectivity index (χ2v) is 4.68. The molecule has 0 saturated heterocycles. The molecule has 0 amide bonds. The van der Waals surface area contributed by atoms with Crippen LogP contribution in [0.5, 0.6) is 0 Å². The molecule has 1 aromatic heterocycles. The molecule has 0 bridgehead atoms. The van der Waals surface area contributed by atoms with E-state index in [0.29, 0.717) is 17.0 Å². The predicted octanol–water partition coefficient (Wildman–Crippen LogP) is 4.05. The maximum atomic E-state index is 13.5. The summed E-state index contributed by atoms with van der Waals surface area (Å²) in [4.78, 5) is 8.79. The number of alkyl halides is 1. The van der Waals surface area contributed by atoms with Crippen molar-refractivity contribution in [3.63, 3.8) is 0 Å². The first-order chi connectivity index (χ1) is 8.65. The normalized spacial score (nSPS) is 10.7. The SMILES string of the molecule is CCc1nc(-c2ccc(C)c(F)c2)ncc1CBr. The van der Waals surface area contributed by atoms with Crippen molar-refractivity contribution >= 4 is 15.9 Å². The molecule has 2 rings (SSSR count). The monoisotopic (exact) mass is 308 g/mol. The van der Waals surface area contributed by atoms with E-state index in [1.165, 1.54) is 6.07 Å². The van der Waals surface area contributed by atoms with Crippen LogP contribution in [0.3, 0.4) is 0 Å². The summed E-state index contributed by atoms with van der Waals surface area (Å²) >= 11 is 3.41. The quantitative estimate of drug-likeness (QED) is 0.799. The van der Waals surface area contributed by atoms with Crippen LogP contribution in [0.15, 0.2) is 24.4 Å². The number of hydrogen-bond acceptors (Lipinski definition) is 2. The summed E-state index contributed by atoms with van der Waals surface area (Å²) in [6.45, 7) is 3.79. The number of benzene rings is 1. The highest BCUT2D eigenvalue weighted by atomic mass is 79.9. The average molecular weight is 309 g/mol. The molecular formula is C14H14BrFN2. The van der Waals surface area contributed by atoms with Gasteiger partial charge in [0.05, 0.1) is 0 Å². The third-order valence-electron chi connectivity index (χ3n) is 2.86. The number of halogens is 2. The zero-order chi connectivity index (χ0) is 13.1. The molecule has 0 atom stereocenters. The molecule has 0 aliphatic rings. The van der Waals surface area contributed by atoms with E-state index in [4.69, 9.17) is 0 Å². The summed E-state index contributed by atoms with van der Waals surface area (Å²) in [5.41, 5.74) is 3.42. The van der Waals surface area contributed by atoms with Crippen LogP contribution in [-0.4, -0.2) is 9.97 Å². The van der Waals surface area contributed by atoms with Gasteiger partial charge in [0.2, 0.25) is 0 Å². The fraction of sp³-hybridized carbons (Fsp3) is 0.286. The van der Waals surface area contributed by atoms with Crippen LogP contribution in [-0.2, 0) is 11.8 Å². The van der Waals surface area contributed by atoms with Crippen molar-refractivity contribution in [2.24, 2.45) is 0 Å².